The molecule has 0 aliphatic rings. The van der Waals surface area contributed by atoms with E-state index in [2.05, 4.69) is 51.2 Å². The minimum absolute atomic E-state index is 0.0769. The summed E-state index contributed by atoms with van der Waals surface area (Å²) in [4.78, 5) is 18.2. The maximum atomic E-state index is 9.10. The number of methoxy groups -OCH3 is 1. The van der Waals surface area contributed by atoms with Crippen LogP contribution in [0.4, 0.5) is 0 Å². The van der Waals surface area contributed by atoms with Gasteiger partial charge in [-0.05, 0) is 23.5 Å². The van der Waals surface area contributed by atoms with E-state index in [1.807, 2.05) is 0 Å². The molecule has 0 atom stereocenters. The summed E-state index contributed by atoms with van der Waals surface area (Å²) in [5.41, 5.74) is 2.50. The number of ether oxygens (including phenoxy) is 3. The molecule has 1 aromatic rings. The Morgan fingerprint density at radius 1 is 1.00 bits per heavy atom. The van der Waals surface area contributed by atoms with E-state index in [4.69, 9.17) is 34.0 Å². The van der Waals surface area contributed by atoms with Gasteiger partial charge in [-0.3, -0.25) is 0 Å². The van der Waals surface area contributed by atoms with Gasteiger partial charge < -0.3 is 29.7 Å². The maximum absolute atomic E-state index is 9.10. The smallest absolute Gasteiger partial charge is 0.414 e. The van der Waals surface area contributed by atoms with E-state index in [9.17, 15) is 0 Å². The molecule has 0 aromatic heterocycles. The van der Waals surface area contributed by atoms with Crippen LogP contribution in [0.25, 0.3) is 0 Å². The lowest BCUT2D eigenvalue weighted by molar-refractivity contribution is -0.159. The third-order valence-corrected chi connectivity index (χ3v) is 3.58. The number of nitrogens with one attached hydrogen (secondary N) is 1. The van der Waals surface area contributed by atoms with Crippen LogP contribution in [-0.4, -0.2) is 68.8 Å². The summed E-state index contributed by atoms with van der Waals surface area (Å²) < 4.78 is 16.5. The molecule has 0 amide bonds. The second-order valence-electron chi connectivity index (χ2n) is 7.02. The van der Waals surface area contributed by atoms with Crippen LogP contribution >= 0.6 is 0 Å². The van der Waals surface area contributed by atoms with Crippen LogP contribution in [0.1, 0.15) is 31.9 Å². The van der Waals surface area contributed by atoms with Gasteiger partial charge in [0.15, 0.2) is 0 Å². The molecule has 1 rings (SSSR count). The van der Waals surface area contributed by atoms with Crippen LogP contribution in [-0.2, 0) is 24.5 Å². The molecule has 0 aliphatic carbocycles. The lowest BCUT2D eigenvalue weighted by Crippen LogP contribution is -2.24. The second kappa shape index (κ2) is 13.9. The number of aliphatic carboxylic acids is 2. The van der Waals surface area contributed by atoms with Crippen molar-refractivity contribution in [3.05, 3.63) is 29.3 Å². The molecule has 0 aliphatic heterocycles. The van der Waals surface area contributed by atoms with Crippen LogP contribution in [0.2, 0.25) is 0 Å². The van der Waals surface area contributed by atoms with Crippen molar-refractivity contribution in [2.45, 2.75) is 33.1 Å². The maximum Gasteiger partial charge on any atom is 0.414 e. The Balaban J connectivity index is 0.00000105. The fourth-order valence-electron chi connectivity index (χ4n) is 2.18. The molecule has 0 unspecified atom stereocenters. The van der Waals surface area contributed by atoms with Gasteiger partial charge in [0.25, 0.3) is 0 Å². The van der Waals surface area contributed by atoms with Gasteiger partial charge in [-0.1, -0.05) is 39.0 Å². The van der Waals surface area contributed by atoms with Crippen LogP contribution in [0.5, 0.6) is 5.75 Å². The first kappa shape index (κ1) is 25.8. The van der Waals surface area contributed by atoms with Crippen molar-refractivity contribution in [3.8, 4) is 5.75 Å². The SMILES string of the molecule is COCCNCCOCCOc1c(C)cccc1C(C)(C)C.O=C(O)C(=O)O. The fraction of sp³-hybridized carbons (Fsp3) is 0.600. The number of para-hydroxylation sites is 1. The van der Waals surface area contributed by atoms with E-state index in [1.165, 1.54) is 11.1 Å². The van der Waals surface area contributed by atoms with Crippen molar-refractivity contribution in [3.63, 3.8) is 0 Å². The zero-order chi connectivity index (χ0) is 21.6. The summed E-state index contributed by atoms with van der Waals surface area (Å²) in [6.07, 6.45) is 0. The average molecular weight is 399 g/mol. The van der Waals surface area contributed by atoms with Gasteiger partial charge in [0, 0.05) is 20.2 Å². The molecule has 1 aromatic carbocycles. The zero-order valence-corrected chi connectivity index (χ0v) is 17.4. The number of hydrogen-bond donors (Lipinski definition) is 3. The molecule has 0 heterocycles. The van der Waals surface area contributed by atoms with Crippen molar-refractivity contribution in [1.29, 1.82) is 0 Å². The predicted octanol–water partition coefficient (Wildman–Crippen LogP) is 2.08. The minimum atomic E-state index is -1.82. The monoisotopic (exact) mass is 399 g/mol. The van der Waals surface area contributed by atoms with Gasteiger partial charge >= 0.3 is 11.9 Å². The first-order chi connectivity index (χ1) is 13.1. The minimum Gasteiger partial charge on any atom is -0.491 e. The first-order valence-corrected chi connectivity index (χ1v) is 9.07. The summed E-state index contributed by atoms with van der Waals surface area (Å²) >= 11 is 0. The van der Waals surface area contributed by atoms with Crippen molar-refractivity contribution < 1.29 is 34.0 Å². The quantitative estimate of drug-likeness (QED) is 0.405. The normalized spacial score (nSPS) is 10.8. The lowest BCUT2D eigenvalue weighted by Gasteiger charge is -2.24. The van der Waals surface area contributed by atoms with E-state index >= 15 is 0 Å². The third kappa shape index (κ3) is 11.5. The number of carbonyl (C=O) groups is 2. The number of carboxylic acids is 2. The lowest BCUT2D eigenvalue weighted by atomic mass is 9.85. The largest absolute Gasteiger partial charge is 0.491 e. The van der Waals surface area contributed by atoms with Crippen LogP contribution in [0.15, 0.2) is 18.2 Å². The van der Waals surface area contributed by atoms with Crippen molar-refractivity contribution >= 4 is 11.9 Å². The van der Waals surface area contributed by atoms with Crippen LogP contribution in [0, 0.1) is 6.92 Å². The van der Waals surface area contributed by atoms with Gasteiger partial charge in [0.1, 0.15) is 12.4 Å². The van der Waals surface area contributed by atoms with Crippen molar-refractivity contribution in [2.75, 3.05) is 46.6 Å². The number of rotatable bonds is 10. The third-order valence-electron chi connectivity index (χ3n) is 3.58. The zero-order valence-electron chi connectivity index (χ0n) is 17.4. The number of aryl methyl sites for hydroxylation is 1. The van der Waals surface area contributed by atoms with Gasteiger partial charge in [-0.15, -0.1) is 0 Å². The molecule has 3 N–H and O–H groups in total. The molecule has 0 radical (unpaired) electrons. The van der Waals surface area contributed by atoms with Gasteiger partial charge in [-0.25, -0.2) is 9.59 Å². The van der Waals surface area contributed by atoms with E-state index in [1.54, 1.807) is 7.11 Å². The van der Waals surface area contributed by atoms with E-state index < -0.39 is 11.9 Å². The molecule has 0 spiro atoms. The molecule has 0 saturated carbocycles. The summed E-state index contributed by atoms with van der Waals surface area (Å²) in [7, 11) is 1.70. The van der Waals surface area contributed by atoms with E-state index in [0.29, 0.717) is 19.8 Å². The predicted molar refractivity (Wildman–Crippen MR) is 106 cm³/mol. The summed E-state index contributed by atoms with van der Waals surface area (Å²) in [5.74, 6) is -2.65. The molecule has 8 heteroatoms. The highest BCUT2D eigenvalue weighted by molar-refractivity contribution is 6.27. The summed E-state index contributed by atoms with van der Waals surface area (Å²) in [6, 6.07) is 6.32. The highest BCUT2D eigenvalue weighted by atomic mass is 16.5. The van der Waals surface area contributed by atoms with Crippen LogP contribution < -0.4 is 10.1 Å². The highest BCUT2D eigenvalue weighted by Crippen LogP contribution is 2.33. The van der Waals surface area contributed by atoms with Crippen molar-refractivity contribution in [2.24, 2.45) is 0 Å². The Labute approximate surface area is 166 Å². The van der Waals surface area contributed by atoms with Gasteiger partial charge in [0.2, 0.25) is 0 Å². The molecule has 28 heavy (non-hydrogen) atoms. The first-order valence-electron chi connectivity index (χ1n) is 9.07. The molecular weight excluding hydrogens is 366 g/mol. The standard InChI is InChI=1S/C18H31NO3.C2H2O4/c1-15-7-6-8-16(18(2,3)4)17(15)22-14-13-21-12-10-19-9-11-20-5;3-1(4)2(5)6/h6-8,19H,9-14H2,1-5H3;(H,3,4)(H,5,6). The average Bonchev–Trinajstić information content (AvgIpc) is 2.61. The Morgan fingerprint density at radius 2 is 1.61 bits per heavy atom. The fourth-order valence-corrected chi connectivity index (χ4v) is 2.18. The summed E-state index contributed by atoms with van der Waals surface area (Å²) in [5, 5.41) is 18.0. The van der Waals surface area contributed by atoms with E-state index in [0.717, 1.165) is 25.4 Å². The van der Waals surface area contributed by atoms with E-state index in [-0.39, 0.29) is 5.41 Å². The molecular formula is C20H33NO7. The van der Waals surface area contributed by atoms with Crippen molar-refractivity contribution in [1.82, 2.24) is 5.32 Å². The molecule has 0 bridgehead atoms. The Morgan fingerprint density at radius 3 is 2.14 bits per heavy atom. The van der Waals surface area contributed by atoms with Gasteiger partial charge in [0.05, 0.1) is 19.8 Å². The van der Waals surface area contributed by atoms with Gasteiger partial charge in [-0.2, -0.15) is 0 Å². The molecule has 160 valence electrons. The molecule has 0 fully saturated rings. The molecule has 0 saturated heterocycles. The molecule has 8 nitrogen and oxygen atoms in total. The number of carboxylic acid groups (broad SMARTS) is 2. The summed E-state index contributed by atoms with van der Waals surface area (Å²) in [6.45, 7) is 13.0. The highest BCUT2D eigenvalue weighted by Gasteiger charge is 2.19. The Hall–Kier alpha value is -2.16. The van der Waals surface area contributed by atoms with Crippen LogP contribution in [0.3, 0.4) is 0 Å². The Bertz CT molecular complexity index is 585. The number of benzene rings is 1. The topological polar surface area (TPSA) is 114 Å². The number of hydrogen-bond acceptors (Lipinski definition) is 6. The second-order valence-corrected chi connectivity index (χ2v) is 7.02. The Kier molecular flexibility index (Phi) is 12.9.